The molecule has 0 unspecified atom stereocenters. The second-order valence-electron chi connectivity index (χ2n) is 3.31. The van der Waals surface area contributed by atoms with Crippen molar-refractivity contribution in [1.82, 2.24) is 9.97 Å². The first kappa shape index (κ1) is 11.0. The fourth-order valence-corrected chi connectivity index (χ4v) is 1.58. The maximum Gasteiger partial charge on any atom is 0.130 e. The average molecular weight is 237 g/mol. The zero-order valence-corrected chi connectivity index (χ0v) is 9.28. The van der Waals surface area contributed by atoms with Crippen molar-refractivity contribution in [1.29, 1.82) is 0 Å². The van der Waals surface area contributed by atoms with Gasteiger partial charge < -0.3 is 0 Å². The summed E-state index contributed by atoms with van der Waals surface area (Å²) in [6.45, 7) is 0. The van der Waals surface area contributed by atoms with Crippen LogP contribution in [0.15, 0.2) is 36.5 Å². The highest BCUT2D eigenvalue weighted by Crippen LogP contribution is 2.17. The molecule has 0 saturated carbocycles. The lowest BCUT2D eigenvalue weighted by Crippen LogP contribution is -1.97. The summed E-state index contributed by atoms with van der Waals surface area (Å²) in [5.74, 6) is 0.888. The van der Waals surface area contributed by atoms with Crippen molar-refractivity contribution in [2.24, 2.45) is 0 Å². The van der Waals surface area contributed by atoms with Crippen molar-refractivity contribution in [2.45, 2.75) is 6.42 Å². The Morgan fingerprint density at radius 2 is 2.12 bits per heavy atom. The summed E-state index contributed by atoms with van der Waals surface area (Å²) < 4.78 is 13.0. The van der Waals surface area contributed by atoms with Gasteiger partial charge in [-0.3, -0.25) is 0 Å². The summed E-state index contributed by atoms with van der Waals surface area (Å²) in [5, 5.41) is 0. The molecule has 0 bridgehead atoms. The summed E-state index contributed by atoms with van der Waals surface area (Å²) in [6, 6.07) is 8.09. The van der Waals surface area contributed by atoms with Gasteiger partial charge in [0.2, 0.25) is 0 Å². The molecule has 16 heavy (non-hydrogen) atoms. The van der Waals surface area contributed by atoms with Gasteiger partial charge in [0, 0.05) is 24.1 Å². The molecular formula is C12H10ClFN2. The summed E-state index contributed by atoms with van der Waals surface area (Å²) >= 11 is 5.62. The van der Waals surface area contributed by atoms with Gasteiger partial charge in [-0.25, -0.2) is 14.4 Å². The summed E-state index contributed by atoms with van der Waals surface area (Å²) in [6.07, 6.45) is 2.28. The highest BCUT2D eigenvalue weighted by molar-refractivity contribution is 6.17. The van der Waals surface area contributed by atoms with Crippen LogP contribution in [0.4, 0.5) is 4.39 Å². The van der Waals surface area contributed by atoms with Crippen molar-refractivity contribution in [3.05, 3.63) is 48.2 Å². The fraction of sp³-hybridized carbons (Fsp3) is 0.167. The molecule has 0 fully saturated rings. The lowest BCUT2D eigenvalue weighted by molar-refractivity contribution is 0.628. The topological polar surface area (TPSA) is 25.8 Å². The van der Waals surface area contributed by atoms with Crippen LogP contribution >= 0.6 is 11.6 Å². The minimum absolute atomic E-state index is 0.269. The molecule has 0 amide bonds. The van der Waals surface area contributed by atoms with Crippen LogP contribution in [0.3, 0.4) is 0 Å². The van der Waals surface area contributed by atoms with E-state index >= 15 is 0 Å². The largest absolute Gasteiger partial charge is 0.241 e. The highest BCUT2D eigenvalue weighted by Gasteiger charge is 2.02. The molecule has 1 heterocycles. The Morgan fingerprint density at radius 3 is 2.88 bits per heavy atom. The molecule has 82 valence electrons. The van der Waals surface area contributed by atoms with Gasteiger partial charge in [-0.2, -0.15) is 0 Å². The van der Waals surface area contributed by atoms with Crippen molar-refractivity contribution in [2.75, 3.05) is 5.88 Å². The third kappa shape index (κ3) is 2.55. The van der Waals surface area contributed by atoms with Gasteiger partial charge in [0.25, 0.3) is 0 Å². The molecule has 2 rings (SSSR count). The van der Waals surface area contributed by atoms with Crippen LogP contribution in [0.2, 0.25) is 0 Å². The van der Waals surface area contributed by atoms with E-state index in [1.165, 1.54) is 12.1 Å². The van der Waals surface area contributed by atoms with E-state index in [1.54, 1.807) is 18.3 Å². The molecule has 4 heteroatoms. The molecular weight excluding hydrogens is 227 g/mol. The van der Waals surface area contributed by atoms with Crippen LogP contribution in [-0.2, 0) is 6.42 Å². The van der Waals surface area contributed by atoms with E-state index in [0.717, 1.165) is 11.3 Å². The Labute approximate surface area is 98.1 Å². The van der Waals surface area contributed by atoms with Gasteiger partial charge in [-0.15, -0.1) is 11.6 Å². The van der Waals surface area contributed by atoms with Crippen LogP contribution in [0.5, 0.6) is 0 Å². The fourth-order valence-electron chi connectivity index (χ4n) is 1.41. The van der Waals surface area contributed by atoms with E-state index in [1.807, 2.05) is 6.07 Å². The SMILES string of the molecule is Fc1cccc(-c2ccnc(CCCl)n2)c1. The second-order valence-corrected chi connectivity index (χ2v) is 3.69. The maximum atomic E-state index is 13.0. The molecule has 0 aliphatic carbocycles. The number of nitrogens with zero attached hydrogens (tertiary/aromatic N) is 2. The Kier molecular flexibility index (Phi) is 3.47. The van der Waals surface area contributed by atoms with Crippen molar-refractivity contribution >= 4 is 11.6 Å². The van der Waals surface area contributed by atoms with Crippen LogP contribution < -0.4 is 0 Å². The molecule has 1 aromatic carbocycles. The summed E-state index contributed by atoms with van der Waals surface area (Å²) in [7, 11) is 0. The van der Waals surface area contributed by atoms with Crippen LogP contribution in [-0.4, -0.2) is 15.8 Å². The van der Waals surface area contributed by atoms with E-state index in [-0.39, 0.29) is 5.82 Å². The zero-order chi connectivity index (χ0) is 11.4. The van der Waals surface area contributed by atoms with Gasteiger partial charge in [0.15, 0.2) is 0 Å². The molecule has 0 spiro atoms. The van der Waals surface area contributed by atoms with E-state index in [2.05, 4.69) is 9.97 Å². The lowest BCUT2D eigenvalue weighted by atomic mass is 10.1. The highest BCUT2D eigenvalue weighted by atomic mass is 35.5. The smallest absolute Gasteiger partial charge is 0.130 e. The predicted octanol–water partition coefficient (Wildman–Crippen LogP) is 3.06. The first-order valence-electron chi connectivity index (χ1n) is 4.93. The van der Waals surface area contributed by atoms with Crippen molar-refractivity contribution in [3.63, 3.8) is 0 Å². The van der Waals surface area contributed by atoms with Gasteiger partial charge in [0.05, 0.1) is 5.69 Å². The van der Waals surface area contributed by atoms with Gasteiger partial charge in [0.1, 0.15) is 11.6 Å². The molecule has 0 aliphatic rings. The zero-order valence-electron chi connectivity index (χ0n) is 8.53. The summed E-state index contributed by atoms with van der Waals surface area (Å²) in [5.41, 5.74) is 1.47. The van der Waals surface area contributed by atoms with Crippen molar-refractivity contribution < 1.29 is 4.39 Å². The minimum atomic E-state index is -0.269. The van der Waals surface area contributed by atoms with Gasteiger partial charge in [-0.05, 0) is 18.2 Å². The van der Waals surface area contributed by atoms with E-state index in [0.29, 0.717) is 18.1 Å². The van der Waals surface area contributed by atoms with Crippen LogP contribution in [0.25, 0.3) is 11.3 Å². The molecule has 0 aliphatic heterocycles. The Bertz CT molecular complexity index is 488. The number of alkyl halides is 1. The Morgan fingerprint density at radius 1 is 1.25 bits per heavy atom. The lowest BCUT2D eigenvalue weighted by Gasteiger charge is -2.02. The quantitative estimate of drug-likeness (QED) is 0.766. The molecule has 0 atom stereocenters. The number of halogens is 2. The van der Waals surface area contributed by atoms with Crippen LogP contribution in [0.1, 0.15) is 5.82 Å². The van der Waals surface area contributed by atoms with Crippen molar-refractivity contribution in [3.8, 4) is 11.3 Å². The van der Waals surface area contributed by atoms with Gasteiger partial charge in [-0.1, -0.05) is 12.1 Å². The minimum Gasteiger partial charge on any atom is -0.241 e. The number of aryl methyl sites for hydroxylation is 1. The number of aromatic nitrogens is 2. The first-order chi connectivity index (χ1) is 7.79. The van der Waals surface area contributed by atoms with E-state index in [9.17, 15) is 4.39 Å². The number of rotatable bonds is 3. The molecule has 0 radical (unpaired) electrons. The molecule has 0 saturated heterocycles. The predicted molar refractivity (Wildman–Crippen MR) is 61.9 cm³/mol. The molecule has 0 N–H and O–H groups in total. The number of hydrogen-bond acceptors (Lipinski definition) is 2. The number of benzene rings is 1. The third-order valence-electron chi connectivity index (χ3n) is 2.14. The normalized spacial score (nSPS) is 10.4. The molecule has 2 nitrogen and oxygen atoms in total. The Balaban J connectivity index is 2.36. The van der Waals surface area contributed by atoms with E-state index < -0.39 is 0 Å². The summed E-state index contributed by atoms with van der Waals surface area (Å²) in [4.78, 5) is 8.40. The Hall–Kier alpha value is -1.48. The van der Waals surface area contributed by atoms with Gasteiger partial charge >= 0.3 is 0 Å². The standard InChI is InChI=1S/C12H10ClFN2/c13-6-4-12-15-7-5-11(16-12)9-2-1-3-10(14)8-9/h1-3,5,7-8H,4,6H2. The van der Waals surface area contributed by atoms with E-state index in [4.69, 9.17) is 11.6 Å². The average Bonchev–Trinajstić information content (AvgIpc) is 2.30. The molecule has 2 aromatic rings. The second kappa shape index (κ2) is 5.03. The maximum absolute atomic E-state index is 13.0. The first-order valence-corrected chi connectivity index (χ1v) is 5.47. The number of hydrogen-bond donors (Lipinski definition) is 0. The monoisotopic (exact) mass is 236 g/mol. The molecule has 1 aromatic heterocycles. The van der Waals surface area contributed by atoms with Crippen LogP contribution in [0, 0.1) is 5.82 Å². The third-order valence-corrected chi connectivity index (χ3v) is 2.33.